The molecule has 0 aromatic heterocycles. The molecule has 2 rings (SSSR count). The van der Waals surface area contributed by atoms with Crippen LogP contribution in [0.2, 0.25) is 6.25 Å². The van der Waals surface area contributed by atoms with Crippen molar-refractivity contribution in [2.45, 2.75) is 74.5 Å². The van der Waals surface area contributed by atoms with Crippen molar-refractivity contribution in [2.24, 2.45) is 22.7 Å². The minimum Gasteiger partial charge on any atom is -1.00 e. The van der Waals surface area contributed by atoms with Crippen molar-refractivity contribution in [3.63, 3.8) is 0 Å². The van der Waals surface area contributed by atoms with Crippen LogP contribution in [-0.4, -0.2) is 0 Å². The van der Waals surface area contributed by atoms with Gasteiger partial charge < -0.3 is 24.8 Å². The van der Waals surface area contributed by atoms with Crippen LogP contribution < -0.4 is 24.8 Å². The summed E-state index contributed by atoms with van der Waals surface area (Å²) < 4.78 is 0.599. The predicted molar refractivity (Wildman–Crippen MR) is 108 cm³/mol. The van der Waals surface area contributed by atoms with Gasteiger partial charge in [-0.15, -0.1) is 0 Å². The standard InChI is InChI=1S/2C12H19.2ClH.Zr/c2*1-10(2)9-12(3,4)11-7-5-6-8-11;;;/h2*5-8,10H,9H2,1-4H3;2*1H;/q;;;;+2/p-2. The Bertz CT molecular complexity index is 516. The van der Waals surface area contributed by atoms with E-state index in [0.29, 0.717) is 17.1 Å². The molecule has 0 radical (unpaired) electrons. The topological polar surface area (TPSA) is 0 Å². The zero-order valence-corrected chi connectivity index (χ0v) is 22.4. The van der Waals surface area contributed by atoms with Gasteiger partial charge in [-0.25, -0.2) is 0 Å². The molecule has 0 bridgehead atoms. The van der Waals surface area contributed by atoms with Gasteiger partial charge in [-0.2, -0.15) is 0 Å². The molecular formula is C24H38Cl2Zr. The van der Waals surface area contributed by atoms with Crippen molar-refractivity contribution in [1.29, 1.82) is 0 Å². The fourth-order valence-corrected chi connectivity index (χ4v) is 10.7. The predicted octanol–water partition coefficient (Wildman–Crippen LogP) is 1.79. The van der Waals surface area contributed by atoms with Crippen LogP contribution in [0.4, 0.5) is 0 Å². The van der Waals surface area contributed by atoms with E-state index in [-0.39, 0.29) is 24.8 Å². The molecule has 2 aliphatic rings. The van der Waals surface area contributed by atoms with Crippen LogP contribution in [0.1, 0.15) is 68.2 Å². The van der Waals surface area contributed by atoms with E-state index in [9.17, 15) is 0 Å². The second kappa shape index (κ2) is 9.95. The Morgan fingerprint density at radius 3 is 1.11 bits per heavy atom. The maximum Gasteiger partial charge on any atom is -1.00 e. The Labute approximate surface area is 192 Å². The van der Waals surface area contributed by atoms with Gasteiger partial charge in [0.1, 0.15) is 0 Å². The van der Waals surface area contributed by atoms with Crippen LogP contribution >= 0.6 is 0 Å². The van der Waals surface area contributed by atoms with Gasteiger partial charge >= 0.3 is 169 Å². The molecule has 0 spiro atoms. The van der Waals surface area contributed by atoms with Gasteiger partial charge in [0.25, 0.3) is 0 Å². The molecule has 0 heterocycles. The second-order valence-electron chi connectivity index (χ2n) is 10.3. The van der Waals surface area contributed by atoms with E-state index in [1.807, 2.05) is 0 Å². The smallest absolute Gasteiger partial charge is 1.00 e. The first kappa shape index (κ1) is 27.4. The fourth-order valence-electron chi connectivity index (χ4n) is 5.07. The molecule has 0 atom stereocenters. The molecular weight excluding hydrogens is 450 g/mol. The summed E-state index contributed by atoms with van der Waals surface area (Å²) in [6, 6.07) is 0. The molecule has 0 saturated heterocycles. The Balaban J connectivity index is 0.00000338. The maximum absolute atomic E-state index is 2.56. The summed E-state index contributed by atoms with van der Waals surface area (Å²) >= 11 is -0.862. The fraction of sp³-hybridized carbons (Fsp3) is 0.667. The van der Waals surface area contributed by atoms with Crippen LogP contribution in [0.3, 0.4) is 0 Å². The number of hydrogen-bond donors (Lipinski definition) is 0. The van der Waals surface area contributed by atoms with Crippen molar-refractivity contribution < 1.29 is 48.0 Å². The van der Waals surface area contributed by atoms with Crippen molar-refractivity contribution in [2.75, 3.05) is 0 Å². The summed E-state index contributed by atoms with van der Waals surface area (Å²) in [6.45, 7) is 19.5. The van der Waals surface area contributed by atoms with Gasteiger partial charge in [-0.3, -0.25) is 0 Å². The van der Waals surface area contributed by atoms with Crippen molar-refractivity contribution >= 4 is 0 Å². The largest absolute Gasteiger partial charge is 1.00 e. The zero-order valence-electron chi connectivity index (χ0n) is 18.4. The minimum atomic E-state index is -0.862. The summed E-state index contributed by atoms with van der Waals surface area (Å²) in [5.74, 6) is 1.48. The van der Waals surface area contributed by atoms with Crippen LogP contribution in [0.15, 0.2) is 48.6 Å². The Morgan fingerprint density at radius 2 is 0.889 bits per heavy atom. The summed E-state index contributed by atoms with van der Waals surface area (Å²) in [7, 11) is 0. The first-order valence-corrected chi connectivity index (χ1v) is 12.4. The van der Waals surface area contributed by atoms with Crippen LogP contribution in [0.25, 0.3) is 0 Å². The molecule has 0 amide bonds. The number of halogens is 2. The van der Waals surface area contributed by atoms with E-state index < -0.39 is 23.2 Å². The molecule has 0 aromatic carbocycles. The molecule has 0 nitrogen and oxygen atoms in total. The summed E-state index contributed by atoms with van der Waals surface area (Å²) in [6.07, 6.45) is 22.1. The van der Waals surface area contributed by atoms with E-state index in [1.54, 1.807) is 0 Å². The Morgan fingerprint density at radius 1 is 0.630 bits per heavy atom. The van der Waals surface area contributed by atoms with Crippen LogP contribution in [-0.2, 0) is 23.2 Å². The second-order valence-corrected chi connectivity index (χ2v) is 14.9. The number of hydrogen-bond acceptors (Lipinski definition) is 0. The monoisotopic (exact) mass is 486 g/mol. The molecule has 2 aliphatic carbocycles. The molecule has 0 aromatic rings. The normalized spacial score (nSPS) is 19.3. The van der Waals surface area contributed by atoms with Crippen LogP contribution in [0.5, 0.6) is 0 Å². The van der Waals surface area contributed by atoms with E-state index in [0.717, 1.165) is 11.8 Å². The molecule has 152 valence electrons. The summed E-state index contributed by atoms with van der Waals surface area (Å²) in [5, 5.41) is 0. The van der Waals surface area contributed by atoms with Gasteiger partial charge in [0, 0.05) is 0 Å². The number of rotatable bonds is 8. The van der Waals surface area contributed by atoms with Crippen molar-refractivity contribution in [3.05, 3.63) is 48.6 Å². The molecule has 0 unspecified atom stereocenters. The summed E-state index contributed by atoms with van der Waals surface area (Å²) in [5.41, 5.74) is 0.643. The first-order valence-electron chi connectivity index (χ1n) is 9.99. The van der Waals surface area contributed by atoms with Gasteiger partial charge in [-0.05, 0) is 0 Å². The summed E-state index contributed by atoms with van der Waals surface area (Å²) in [4.78, 5) is 0. The quantitative estimate of drug-likeness (QED) is 0.489. The van der Waals surface area contributed by atoms with Gasteiger partial charge in [0.05, 0.1) is 0 Å². The van der Waals surface area contributed by atoms with E-state index >= 15 is 0 Å². The van der Waals surface area contributed by atoms with Crippen LogP contribution in [0, 0.1) is 22.7 Å². The third-order valence-electron chi connectivity index (χ3n) is 6.15. The SMILES string of the molecule is CC(C)CC(C)(C)[C]1([Zr+2][C]2(C(C)(C)CC(C)C)C=CC=C2)C=CC=C1.[Cl-].[Cl-]. The molecule has 0 saturated carbocycles. The third-order valence-corrected chi connectivity index (χ3v) is 13.1. The number of allylic oxidation sites excluding steroid dienone is 8. The third kappa shape index (κ3) is 5.74. The molecule has 0 fully saturated rings. The van der Waals surface area contributed by atoms with Crippen molar-refractivity contribution in [3.8, 4) is 0 Å². The zero-order chi connectivity index (χ0) is 18.9. The maximum atomic E-state index is 2.56. The molecule has 3 heteroatoms. The van der Waals surface area contributed by atoms with Gasteiger partial charge in [-0.1, -0.05) is 0 Å². The Hall–Kier alpha value is 0.423. The average molecular weight is 489 g/mol. The molecule has 0 aliphatic heterocycles. The first-order chi connectivity index (χ1) is 11.5. The average Bonchev–Trinajstić information content (AvgIpc) is 3.07. The van der Waals surface area contributed by atoms with Gasteiger partial charge in [0.15, 0.2) is 0 Å². The molecule has 0 N–H and O–H groups in total. The molecule has 27 heavy (non-hydrogen) atoms. The van der Waals surface area contributed by atoms with Crippen molar-refractivity contribution in [1.82, 2.24) is 0 Å². The van der Waals surface area contributed by atoms with E-state index in [4.69, 9.17) is 0 Å². The van der Waals surface area contributed by atoms with E-state index in [2.05, 4.69) is 104 Å². The van der Waals surface area contributed by atoms with E-state index in [1.165, 1.54) is 12.8 Å². The van der Waals surface area contributed by atoms with Gasteiger partial charge in [0.2, 0.25) is 0 Å². The minimum absolute atomic E-state index is 0. The Kier molecular flexibility index (Phi) is 10.1.